The van der Waals surface area contributed by atoms with E-state index >= 15 is 0 Å². The largest absolute Gasteiger partial charge is 0.392 e. The second-order valence-corrected chi connectivity index (χ2v) is 6.75. The quantitative estimate of drug-likeness (QED) is 0.804. The van der Waals surface area contributed by atoms with Crippen molar-refractivity contribution in [2.45, 2.75) is 20.1 Å². The van der Waals surface area contributed by atoms with Gasteiger partial charge in [0.15, 0.2) is 0 Å². The van der Waals surface area contributed by atoms with Gasteiger partial charge in [-0.05, 0) is 43.8 Å². The van der Waals surface area contributed by atoms with E-state index < -0.39 is 0 Å². The lowest BCUT2D eigenvalue weighted by molar-refractivity contribution is 0.282. The number of hydrogen-bond donors (Lipinski definition) is 1. The van der Waals surface area contributed by atoms with Crippen LogP contribution in [0.4, 0.5) is 5.69 Å². The molecule has 1 N–H and O–H groups in total. The molecule has 126 valence electrons. The lowest BCUT2D eigenvalue weighted by Crippen LogP contribution is -2.44. The third-order valence-corrected chi connectivity index (χ3v) is 5.28. The Balaban J connectivity index is 1.85. The monoisotopic (exact) mass is 323 g/mol. The van der Waals surface area contributed by atoms with Gasteiger partial charge in [0, 0.05) is 54.7 Å². The summed E-state index contributed by atoms with van der Waals surface area (Å²) in [5, 5.41) is 12.0. The summed E-state index contributed by atoms with van der Waals surface area (Å²) in [6.45, 7) is 7.65. The van der Waals surface area contributed by atoms with Crippen LogP contribution in [-0.4, -0.2) is 47.8 Å². The number of fused-ring (bicyclic) bond motifs is 3. The van der Waals surface area contributed by atoms with E-state index in [4.69, 9.17) is 0 Å². The Morgan fingerprint density at radius 3 is 2.42 bits per heavy atom. The predicted molar refractivity (Wildman–Crippen MR) is 101 cm³/mol. The SMILES string of the molecule is CCn1c2ccc(CO)cc2c2ccc(N3CCN(C)CC3)cc21. The van der Waals surface area contributed by atoms with Crippen LogP contribution in [-0.2, 0) is 13.2 Å². The Bertz CT molecular complexity index is 875. The van der Waals surface area contributed by atoms with Gasteiger partial charge in [0.1, 0.15) is 0 Å². The van der Waals surface area contributed by atoms with Gasteiger partial charge in [-0.15, -0.1) is 0 Å². The van der Waals surface area contributed by atoms with E-state index in [9.17, 15) is 5.11 Å². The van der Waals surface area contributed by atoms with Gasteiger partial charge in [-0.3, -0.25) is 0 Å². The van der Waals surface area contributed by atoms with Crippen LogP contribution in [0.25, 0.3) is 21.8 Å². The van der Waals surface area contributed by atoms with Crippen molar-refractivity contribution >= 4 is 27.5 Å². The Kier molecular flexibility index (Phi) is 3.94. The van der Waals surface area contributed by atoms with Crippen LogP contribution in [0, 0.1) is 0 Å². The summed E-state index contributed by atoms with van der Waals surface area (Å²) in [5.74, 6) is 0. The van der Waals surface area contributed by atoms with E-state index in [-0.39, 0.29) is 6.61 Å². The number of piperazine rings is 1. The van der Waals surface area contributed by atoms with Crippen LogP contribution in [0.5, 0.6) is 0 Å². The summed E-state index contributed by atoms with van der Waals surface area (Å²) in [6, 6.07) is 13.1. The molecule has 0 aliphatic carbocycles. The molecule has 0 bridgehead atoms. The molecule has 0 radical (unpaired) electrons. The molecule has 0 amide bonds. The van der Waals surface area contributed by atoms with Crippen LogP contribution in [0.3, 0.4) is 0 Å². The molecule has 1 aliphatic heterocycles. The molecule has 1 fully saturated rings. The first-order valence-electron chi connectivity index (χ1n) is 8.80. The molecule has 1 aliphatic rings. The first-order chi connectivity index (χ1) is 11.7. The van der Waals surface area contributed by atoms with Crippen LogP contribution in [0.15, 0.2) is 36.4 Å². The Hall–Kier alpha value is -2.04. The molecule has 0 atom stereocenters. The minimum atomic E-state index is 0.0914. The lowest BCUT2D eigenvalue weighted by atomic mass is 10.1. The van der Waals surface area contributed by atoms with E-state index in [0.717, 1.165) is 38.3 Å². The van der Waals surface area contributed by atoms with Crippen LogP contribution in [0.1, 0.15) is 12.5 Å². The summed E-state index contributed by atoms with van der Waals surface area (Å²) >= 11 is 0. The Morgan fingerprint density at radius 2 is 1.71 bits per heavy atom. The molecule has 3 aromatic rings. The number of nitrogens with zero attached hydrogens (tertiary/aromatic N) is 3. The summed E-state index contributed by atoms with van der Waals surface area (Å²) in [6.07, 6.45) is 0. The van der Waals surface area contributed by atoms with Crippen LogP contribution in [0.2, 0.25) is 0 Å². The molecular formula is C20H25N3O. The average molecular weight is 323 g/mol. The fourth-order valence-corrected chi connectivity index (χ4v) is 3.84. The molecule has 2 aromatic carbocycles. The molecular weight excluding hydrogens is 298 g/mol. The first-order valence-corrected chi connectivity index (χ1v) is 8.80. The number of aryl methyl sites for hydroxylation is 1. The second kappa shape index (κ2) is 6.11. The number of aromatic nitrogens is 1. The highest BCUT2D eigenvalue weighted by atomic mass is 16.3. The summed E-state index contributed by atoms with van der Waals surface area (Å²) in [5.41, 5.74) is 4.83. The van der Waals surface area contributed by atoms with Gasteiger partial charge in [0.25, 0.3) is 0 Å². The van der Waals surface area contributed by atoms with E-state index in [2.05, 4.69) is 58.7 Å². The van der Waals surface area contributed by atoms with Gasteiger partial charge < -0.3 is 19.5 Å². The van der Waals surface area contributed by atoms with Gasteiger partial charge in [-0.1, -0.05) is 12.1 Å². The second-order valence-electron chi connectivity index (χ2n) is 6.75. The van der Waals surface area contributed by atoms with Crippen molar-refractivity contribution < 1.29 is 5.11 Å². The van der Waals surface area contributed by atoms with Gasteiger partial charge in [-0.25, -0.2) is 0 Å². The van der Waals surface area contributed by atoms with Crippen molar-refractivity contribution in [3.63, 3.8) is 0 Å². The van der Waals surface area contributed by atoms with Crippen molar-refractivity contribution in [1.82, 2.24) is 9.47 Å². The third kappa shape index (κ3) is 2.46. The Labute approximate surface area is 142 Å². The standard InChI is InChI=1S/C20H25N3O/c1-3-23-19-7-4-15(14-24)12-18(19)17-6-5-16(13-20(17)23)22-10-8-21(2)9-11-22/h4-7,12-13,24H,3,8-11,14H2,1-2H3. The molecule has 24 heavy (non-hydrogen) atoms. The van der Waals surface area contributed by atoms with E-state index in [1.165, 1.54) is 27.5 Å². The number of anilines is 1. The average Bonchev–Trinajstić information content (AvgIpc) is 2.94. The molecule has 2 heterocycles. The normalized spacial score (nSPS) is 16.4. The van der Waals surface area contributed by atoms with Gasteiger partial charge in [-0.2, -0.15) is 0 Å². The maximum absolute atomic E-state index is 9.45. The summed E-state index contributed by atoms with van der Waals surface area (Å²) in [7, 11) is 2.19. The number of likely N-dealkylation sites (N-methyl/N-ethyl adjacent to an activating group) is 1. The lowest BCUT2D eigenvalue weighted by Gasteiger charge is -2.34. The van der Waals surface area contributed by atoms with Crippen molar-refractivity contribution in [2.75, 3.05) is 38.1 Å². The molecule has 4 nitrogen and oxygen atoms in total. The molecule has 0 saturated carbocycles. The molecule has 1 saturated heterocycles. The summed E-state index contributed by atoms with van der Waals surface area (Å²) in [4.78, 5) is 4.87. The van der Waals surface area contributed by atoms with Crippen molar-refractivity contribution in [3.05, 3.63) is 42.0 Å². The zero-order valence-corrected chi connectivity index (χ0v) is 14.5. The summed E-state index contributed by atoms with van der Waals surface area (Å²) < 4.78 is 2.38. The fraction of sp³-hybridized carbons (Fsp3) is 0.400. The minimum absolute atomic E-state index is 0.0914. The minimum Gasteiger partial charge on any atom is -0.392 e. The Morgan fingerprint density at radius 1 is 0.917 bits per heavy atom. The first kappa shape index (κ1) is 15.5. The fourth-order valence-electron chi connectivity index (χ4n) is 3.84. The van der Waals surface area contributed by atoms with Crippen LogP contribution >= 0.6 is 0 Å². The maximum Gasteiger partial charge on any atom is 0.0682 e. The highest BCUT2D eigenvalue weighted by Gasteiger charge is 2.16. The molecule has 4 heteroatoms. The van der Waals surface area contributed by atoms with Crippen molar-refractivity contribution in [3.8, 4) is 0 Å². The number of benzene rings is 2. The van der Waals surface area contributed by atoms with E-state index in [1.807, 2.05) is 6.07 Å². The van der Waals surface area contributed by atoms with E-state index in [0.29, 0.717) is 0 Å². The van der Waals surface area contributed by atoms with Crippen molar-refractivity contribution in [2.24, 2.45) is 0 Å². The van der Waals surface area contributed by atoms with Gasteiger partial charge >= 0.3 is 0 Å². The van der Waals surface area contributed by atoms with Crippen LogP contribution < -0.4 is 4.90 Å². The van der Waals surface area contributed by atoms with E-state index in [1.54, 1.807) is 0 Å². The maximum atomic E-state index is 9.45. The smallest absolute Gasteiger partial charge is 0.0682 e. The predicted octanol–water partition coefficient (Wildman–Crippen LogP) is 3.06. The van der Waals surface area contributed by atoms with Gasteiger partial charge in [0.05, 0.1) is 12.1 Å². The molecule has 4 rings (SSSR count). The number of rotatable bonds is 3. The molecule has 0 spiro atoms. The topological polar surface area (TPSA) is 31.6 Å². The van der Waals surface area contributed by atoms with Crippen molar-refractivity contribution in [1.29, 1.82) is 0 Å². The number of hydrogen-bond acceptors (Lipinski definition) is 3. The molecule has 1 aromatic heterocycles. The highest BCUT2D eigenvalue weighted by Crippen LogP contribution is 2.32. The third-order valence-electron chi connectivity index (χ3n) is 5.28. The zero-order chi connectivity index (χ0) is 16.7. The number of aliphatic hydroxyl groups excluding tert-OH is 1. The highest BCUT2D eigenvalue weighted by molar-refractivity contribution is 6.09. The molecule has 0 unspecified atom stereocenters. The van der Waals surface area contributed by atoms with Gasteiger partial charge in [0.2, 0.25) is 0 Å². The zero-order valence-electron chi connectivity index (χ0n) is 14.5. The number of aliphatic hydroxyl groups is 1.